The highest BCUT2D eigenvalue weighted by atomic mass is 32.2. The number of rotatable bonds is 5. The van der Waals surface area contributed by atoms with E-state index in [2.05, 4.69) is 0 Å². The average molecular weight is 344 g/mol. The van der Waals surface area contributed by atoms with Gasteiger partial charge in [-0.05, 0) is 24.3 Å². The van der Waals surface area contributed by atoms with Crippen LogP contribution in [-0.4, -0.2) is 20.5 Å². The zero-order valence-electron chi connectivity index (χ0n) is 11.6. The number of halogens is 2. The molecule has 0 atom stereocenters. The standard InChI is InChI=1S/C13H10F2N2O5S/c1-22-11-2-3-13(12(7-11)17(18)19)23(20,21)16-10-5-8(14)4-9(15)6-10/h2-7,16H,1H3. The van der Waals surface area contributed by atoms with Crippen molar-refractivity contribution in [1.82, 2.24) is 0 Å². The Labute approximate surface area is 129 Å². The van der Waals surface area contributed by atoms with Gasteiger partial charge in [0.2, 0.25) is 0 Å². The Morgan fingerprint density at radius 1 is 1.13 bits per heavy atom. The maximum Gasteiger partial charge on any atom is 0.293 e. The highest BCUT2D eigenvalue weighted by molar-refractivity contribution is 7.92. The van der Waals surface area contributed by atoms with Gasteiger partial charge in [-0.3, -0.25) is 14.8 Å². The Morgan fingerprint density at radius 3 is 2.26 bits per heavy atom. The van der Waals surface area contributed by atoms with Gasteiger partial charge in [-0.25, -0.2) is 17.2 Å². The zero-order valence-corrected chi connectivity index (χ0v) is 12.4. The molecule has 0 spiro atoms. The SMILES string of the molecule is COc1ccc(S(=O)(=O)Nc2cc(F)cc(F)c2)c([N+](=O)[O-])c1. The molecule has 0 aliphatic rings. The predicted octanol–water partition coefficient (Wildman–Crippen LogP) is 2.68. The topological polar surface area (TPSA) is 98.5 Å². The number of hydrogen-bond acceptors (Lipinski definition) is 5. The zero-order chi connectivity index (χ0) is 17.2. The number of sulfonamides is 1. The van der Waals surface area contributed by atoms with Gasteiger partial charge in [0, 0.05) is 6.07 Å². The van der Waals surface area contributed by atoms with E-state index in [0.29, 0.717) is 6.07 Å². The van der Waals surface area contributed by atoms with Gasteiger partial charge in [-0.2, -0.15) is 0 Å². The first-order chi connectivity index (χ1) is 10.7. The van der Waals surface area contributed by atoms with Crippen molar-refractivity contribution >= 4 is 21.4 Å². The number of ether oxygens (including phenoxy) is 1. The molecule has 7 nitrogen and oxygen atoms in total. The average Bonchev–Trinajstić information content (AvgIpc) is 2.44. The molecule has 0 unspecified atom stereocenters. The molecule has 122 valence electrons. The van der Waals surface area contributed by atoms with Crippen molar-refractivity contribution in [1.29, 1.82) is 0 Å². The summed E-state index contributed by atoms with van der Waals surface area (Å²) < 4.78 is 57.4. The molecule has 0 saturated heterocycles. The summed E-state index contributed by atoms with van der Waals surface area (Å²) >= 11 is 0. The Morgan fingerprint density at radius 2 is 1.74 bits per heavy atom. The van der Waals surface area contributed by atoms with E-state index in [1.54, 1.807) is 0 Å². The second-order valence-corrected chi connectivity index (χ2v) is 6.01. The largest absolute Gasteiger partial charge is 0.497 e. The van der Waals surface area contributed by atoms with Crippen LogP contribution in [0.1, 0.15) is 0 Å². The van der Waals surface area contributed by atoms with Gasteiger partial charge in [0.25, 0.3) is 15.7 Å². The monoisotopic (exact) mass is 344 g/mol. The Balaban J connectivity index is 2.49. The van der Waals surface area contributed by atoms with Gasteiger partial charge in [-0.1, -0.05) is 0 Å². The molecule has 2 aromatic carbocycles. The van der Waals surface area contributed by atoms with Crippen LogP contribution in [-0.2, 0) is 10.0 Å². The van der Waals surface area contributed by atoms with E-state index in [1.807, 2.05) is 4.72 Å². The Bertz CT molecular complexity index is 850. The van der Waals surface area contributed by atoms with Crippen molar-refractivity contribution < 1.29 is 26.9 Å². The van der Waals surface area contributed by atoms with E-state index < -0.39 is 42.9 Å². The minimum absolute atomic E-state index is 0.0902. The number of hydrogen-bond donors (Lipinski definition) is 1. The number of benzene rings is 2. The summed E-state index contributed by atoms with van der Waals surface area (Å²) in [5.41, 5.74) is -1.12. The first-order valence-electron chi connectivity index (χ1n) is 6.04. The third-order valence-electron chi connectivity index (χ3n) is 2.77. The fraction of sp³-hybridized carbons (Fsp3) is 0.0769. The molecule has 0 aliphatic carbocycles. The van der Waals surface area contributed by atoms with Crippen LogP contribution in [0.4, 0.5) is 20.2 Å². The summed E-state index contributed by atoms with van der Waals surface area (Å²) in [6.07, 6.45) is 0. The van der Waals surface area contributed by atoms with Gasteiger partial charge in [0.1, 0.15) is 17.4 Å². The Hall–Kier alpha value is -2.75. The van der Waals surface area contributed by atoms with Crippen LogP contribution in [0.2, 0.25) is 0 Å². The van der Waals surface area contributed by atoms with Gasteiger partial charge in [0.05, 0.1) is 23.8 Å². The molecule has 0 aromatic heterocycles. The van der Waals surface area contributed by atoms with Crippen LogP contribution in [0.5, 0.6) is 5.75 Å². The van der Waals surface area contributed by atoms with Crippen LogP contribution in [0.25, 0.3) is 0 Å². The van der Waals surface area contributed by atoms with Gasteiger partial charge in [-0.15, -0.1) is 0 Å². The number of methoxy groups -OCH3 is 1. The number of anilines is 1. The van der Waals surface area contributed by atoms with Crippen molar-refractivity contribution in [3.05, 3.63) is 58.1 Å². The normalized spacial score (nSPS) is 11.1. The van der Waals surface area contributed by atoms with E-state index in [-0.39, 0.29) is 5.75 Å². The van der Waals surface area contributed by atoms with Gasteiger partial charge in [0.15, 0.2) is 4.90 Å². The maximum atomic E-state index is 13.1. The first kappa shape index (κ1) is 16.6. The number of nitro benzene ring substituents is 1. The second kappa shape index (κ2) is 6.16. The summed E-state index contributed by atoms with van der Waals surface area (Å²) in [5, 5.41) is 11.0. The van der Waals surface area contributed by atoms with E-state index in [1.165, 1.54) is 13.2 Å². The lowest BCUT2D eigenvalue weighted by molar-refractivity contribution is -0.387. The van der Waals surface area contributed by atoms with Gasteiger partial charge >= 0.3 is 0 Å². The van der Waals surface area contributed by atoms with Crippen LogP contribution in [0.3, 0.4) is 0 Å². The molecule has 0 aliphatic heterocycles. The molecule has 0 amide bonds. The third-order valence-corrected chi connectivity index (χ3v) is 4.20. The molecule has 10 heteroatoms. The molecule has 23 heavy (non-hydrogen) atoms. The third kappa shape index (κ3) is 3.72. The van der Waals surface area contributed by atoms with E-state index >= 15 is 0 Å². The Kier molecular flexibility index (Phi) is 4.45. The minimum atomic E-state index is -4.43. The minimum Gasteiger partial charge on any atom is -0.497 e. The molecule has 0 fully saturated rings. The van der Waals surface area contributed by atoms with Crippen molar-refractivity contribution in [3.8, 4) is 5.75 Å². The lowest BCUT2D eigenvalue weighted by Crippen LogP contribution is -2.15. The number of nitrogens with zero attached hydrogens (tertiary/aromatic N) is 1. The lowest BCUT2D eigenvalue weighted by Gasteiger charge is -2.09. The number of nitro groups is 1. The van der Waals surface area contributed by atoms with Crippen molar-refractivity contribution in [2.75, 3.05) is 11.8 Å². The summed E-state index contributed by atoms with van der Waals surface area (Å²) in [5.74, 6) is -1.90. The fourth-order valence-electron chi connectivity index (χ4n) is 1.82. The highest BCUT2D eigenvalue weighted by Crippen LogP contribution is 2.29. The number of nitrogens with one attached hydrogen (secondary N) is 1. The summed E-state index contributed by atoms with van der Waals surface area (Å²) in [7, 11) is -3.16. The van der Waals surface area contributed by atoms with Gasteiger partial charge < -0.3 is 4.74 Å². The quantitative estimate of drug-likeness (QED) is 0.664. The van der Waals surface area contributed by atoms with E-state index in [9.17, 15) is 27.3 Å². The molecular formula is C13H10F2N2O5S. The fourth-order valence-corrected chi connectivity index (χ4v) is 3.01. The molecule has 2 rings (SSSR count). The van der Waals surface area contributed by atoms with Crippen LogP contribution in [0.15, 0.2) is 41.3 Å². The maximum absolute atomic E-state index is 13.1. The molecule has 2 aromatic rings. The lowest BCUT2D eigenvalue weighted by atomic mass is 10.3. The van der Waals surface area contributed by atoms with E-state index in [0.717, 1.165) is 24.3 Å². The molecule has 0 saturated carbocycles. The molecule has 0 radical (unpaired) electrons. The predicted molar refractivity (Wildman–Crippen MR) is 76.8 cm³/mol. The second-order valence-electron chi connectivity index (χ2n) is 4.35. The van der Waals surface area contributed by atoms with Crippen LogP contribution >= 0.6 is 0 Å². The van der Waals surface area contributed by atoms with Crippen LogP contribution in [0, 0.1) is 21.7 Å². The molecule has 1 N–H and O–H groups in total. The van der Waals surface area contributed by atoms with Crippen molar-refractivity contribution in [3.63, 3.8) is 0 Å². The molecule has 0 bridgehead atoms. The summed E-state index contributed by atoms with van der Waals surface area (Å²) in [4.78, 5) is 9.48. The smallest absolute Gasteiger partial charge is 0.293 e. The molecule has 0 heterocycles. The first-order valence-corrected chi connectivity index (χ1v) is 7.52. The van der Waals surface area contributed by atoms with Crippen LogP contribution < -0.4 is 9.46 Å². The van der Waals surface area contributed by atoms with Crippen molar-refractivity contribution in [2.45, 2.75) is 4.90 Å². The summed E-state index contributed by atoms with van der Waals surface area (Å²) in [6.45, 7) is 0. The van der Waals surface area contributed by atoms with E-state index in [4.69, 9.17) is 4.74 Å². The summed E-state index contributed by atoms with van der Waals surface area (Å²) in [6, 6.07) is 5.17. The van der Waals surface area contributed by atoms with Crippen molar-refractivity contribution in [2.24, 2.45) is 0 Å². The highest BCUT2D eigenvalue weighted by Gasteiger charge is 2.27. The molecular weight excluding hydrogens is 334 g/mol.